The second-order valence-corrected chi connectivity index (χ2v) is 7.39. The van der Waals surface area contributed by atoms with Crippen molar-refractivity contribution in [2.24, 2.45) is 0 Å². The molecule has 0 spiro atoms. The molecule has 0 saturated heterocycles. The number of methoxy groups -OCH3 is 1. The molecule has 2 aromatic carbocycles. The standard InChI is InChI=1S/C19H17ClF2N6O4/c1-19(2,29)15-11(5-4-9(20)16(15)22)25-17-23-8-24-18(27-17)26-12-7-13(28(30)31)10(21)6-14(12)32-3/h4-8,29H,1-3H3,(H2,23,24,25,26,27). The number of ether oxygens (including phenoxy) is 1. The van der Waals surface area contributed by atoms with Crippen molar-refractivity contribution in [3.63, 3.8) is 0 Å². The molecule has 1 heterocycles. The van der Waals surface area contributed by atoms with E-state index in [1.165, 1.54) is 33.1 Å². The van der Waals surface area contributed by atoms with Crippen molar-refractivity contribution in [1.29, 1.82) is 0 Å². The maximum Gasteiger partial charge on any atom is 0.307 e. The first kappa shape index (κ1) is 23.0. The number of aliphatic hydroxyl groups is 1. The van der Waals surface area contributed by atoms with Crippen LogP contribution in [0.1, 0.15) is 19.4 Å². The molecule has 0 saturated carbocycles. The fraction of sp³-hybridized carbons (Fsp3) is 0.211. The predicted molar refractivity (Wildman–Crippen MR) is 113 cm³/mol. The summed E-state index contributed by atoms with van der Waals surface area (Å²) in [6.07, 6.45) is 1.12. The van der Waals surface area contributed by atoms with Gasteiger partial charge in [-0.1, -0.05) is 11.6 Å². The summed E-state index contributed by atoms with van der Waals surface area (Å²) in [5.74, 6) is -2.00. The molecule has 3 rings (SSSR count). The largest absolute Gasteiger partial charge is 0.494 e. The zero-order valence-electron chi connectivity index (χ0n) is 17.0. The quantitative estimate of drug-likeness (QED) is 0.341. The molecule has 0 aliphatic rings. The summed E-state index contributed by atoms with van der Waals surface area (Å²) < 4.78 is 33.4. The third-order valence-corrected chi connectivity index (χ3v) is 4.53. The number of hydrogen-bond acceptors (Lipinski definition) is 9. The van der Waals surface area contributed by atoms with Gasteiger partial charge in [0.05, 0.1) is 34.0 Å². The predicted octanol–water partition coefficient (Wildman–Crippen LogP) is 4.43. The fourth-order valence-corrected chi connectivity index (χ4v) is 3.02. The molecule has 3 aromatic rings. The van der Waals surface area contributed by atoms with E-state index in [0.29, 0.717) is 0 Å². The Labute approximate surface area is 185 Å². The van der Waals surface area contributed by atoms with Gasteiger partial charge in [0.1, 0.15) is 17.9 Å². The molecule has 13 heteroatoms. The average molecular weight is 467 g/mol. The van der Waals surface area contributed by atoms with Gasteiger partial charge in [-0.25, -0.2) is 14.4 Å². The molecule has 1 aromatic heterocycles. The van der Waals surface area contributed by atoms with Crippen LogP contribution in [0.15, 0.2) is 30.6 Å². The van der Waals surface area contributed by atoms with Crippen molar-refractivity contribution in [1.82, 2.24) is 15.0 Å². The summed E-state index contributed by atoms with van der Waals surface area (Å²) in [5, 5.41) is 26.7. The molecular weight excluding hydrogens is 450 g/mol. The zero-order chi connectivity index (χ0) is 23.6. The van der Waals surface area contributed by atoms with E-state index in [1.54, 1.807) is 0 Å². The number of aromatic nitrogens is 3. The molecule has 0 bridgehead atoms. The summed E-state index contributed by atoms with van der Waals surface area (Å²) in [5.41, 5.74) is -2.26. The third-order valence-electron chi connectivity index (χ3n) is 4.24. The Hall–Kier alpha value is -3.64. The van der Waals surface area contributed by atoms with Crippen molar-refractivity contribution in [3.8, 4) is 5.75 Å². The minimum absolute atomic E-state index is 0.0212. The highest BCUT2D eigenvalue weighted by atomic mass is 35.5. The van der Waals surface area contributed by atoms with E-state index in [0.717, 1.165) is 18.5 Å². The Morgan fingerprint density at radius 3 is 2.34 bits per heavy atom. The number of nitro groups is 1. The van der Waals surface area contributed by atoms with Crippen LogP contribution in [-0.2, 0) is 5.60 Å². The lowest BCUT2D eigenvalue weighted by Gasteiger charge is -2.23. The highest BCUT2D eigenvalue weighted by Gasteiger charge is 2.27. The highest BCUT2D eigenvalue weighted by molar-refractivity contribution is 6.30. The van der Waals surface area contributed by atoms with Crippen LogP contribution in [0.25, 0.3) is 0 Å². The molecule has 32 heavy (non-hydrogen) atoms. The molecule has 168 valence electrons. The Morgan fingerprint density at radius 2 is 1.78 bits per heavy atom. The van der Waals surface area contributed by atoms with Gasteiger partial charge in [0.2, 0.25) is 17.7 Å². The van der Waals surface area contributed by atoms with E-state index in [4.69, 9.17) is 16.3 Å². The number of rotatable bonds is 7. The first-order valence-electron chi connectivity index (χ1n) is 8.97. The Morgan fingerprint density at radius 1 is 1.16 bits per heavy atom. The van der Waals surface area contributed by atoms with Gasteiger partial charge in [-0.3, -0.25) is 10.1 Å². The number of halogens is 3. The minimum Gasteiger partial charge on any atom is -0.494 e. The van der Waals surface area contributed by atoms with Gasteiger partial charge < -0.3 is 20.5 Å². The van der Waals surface area contributed by atoms with E-state index < -0.39 is 27.8 Å². The molecule has 0 fully saturated rings. The smallest absolute Gasteiger partial charge is 0.307 e. The summed E-state index contributed by atoms with van der Waals surface area (Å²) in [6.45, 7) is 2.78. The van der Waals surface area contributed by atoms with Crippen LogP contribution in [0, 0.1) is 21.7 Å². The molecule has 0 amide bonds. The maximum atomic E-state index is 14.5. The van der Waals surface area contributed by atoms with Crippen LogP contribution in [-0.4, -0.2) is 32.1 Å². The molecule has 0 unspecified atom stereocenters. The maximum absolute atomic E-state index is 14.5. The Balaban J connectivity index is 1.96. The average Bonchev–Trinajstić information content (AvgIpc) is 2.71. The molecule has 0 aliphatic carbocycles. The van der Waals surface area contributed by atoms with E-state index in [9.17, 15) is 24.0 Å². The molecule has 0 aliphatic heterocycles. The third kappa shape index (κ3) is 4.81. The van der Waals surface area contributed by atoms with Crippen LogP contribution in [0.5, 0.6) is 5.75 Å². The summed E-state index contributed by atoms with van der Waals surface area (Å²) >= 11 is 5.83. The second-order valence-electron chi connectivity index (χ2n) is 6.99. The van der Waals surface area contributed by atoms with Crippen molar-refractivity contribution in [3.05, 3.63) is 62.9 Å². The summed E-state index contributed by atoms with van der Waals surface area (Å²) in [6, 6.07) is 4.54. The lowest BCUT2D eigenvalue weighted by atomic mass is 9.95. The van der Waals surface area contributed by atoms with Gasteiger partial charge in [0.15, 0.2) is 0 Å². The molecule has 0 atom stereocenters. The van der Waals surface area contributed by atoms with Crippen molar-refractivity contribution in [2.45, 2.75) is 19.4 Å². The number of nitro benzene ring substituents is 1. The molecule has 0 radical (unpaired) electrons. The van der Waals surface area contributed by atoms with Gasteiger partial charge in [0, 0.05) is 17.7 Å². The first-order valence-corrected chi connectivity index (χ1v) is 9.35. The summed E-state index contributed by atoms with van der Waals surface area (Å²) in [4.78, 5) is 22.1. The lowest BCUT2D eigenvalue weighted by Crippen LogP contribution is -2.20. The second kappa shape index (κ2) is 8.85. The number of hydrogen-bond donors (Lipinski definition) is 3. The van der Waals surface area contributed by atoms with Crippen LogP contribution in [0.3, 0.4) is 0 Å². The van der Waals surface area contributed by atoms with Crippen molar-refractivity contribution >= 4 is 40.6 Å². The Kier molecular flexibility index (Phi) is 6.37. The zero-order valence-corrected chi connectivity index (χ0v) is 17.7. The van der Waals surface area contributed by atoms with E-state index in [2.05, 4.69) is 25.6 Å². The molecule has 3 N–H and O–H groups in total. The number of anilines is 4. The normalized spacial score (nSPS) is 11.2. The van der Waals surface area contributed by atoms with Crippen molar-refractivity contribution in [2.75, 3.05) is 17.7 Å². The molecule has 10 nitrogen and oxygen atoms in total. The monoisotopic (exact) mass is 466 g/mol. The minimum atomic E-state index is -1.58. The Bertz CT molecular complexity index is 1190. The SMILES string of the molecule is COc1cc(F)c([N+](=O)[O-])cc1Nc1ncnc(Nc2ccc(Cl)c(F)c2C(C)(C)O)n1. The van der Waals surface area contributed by atoms with Crippen LogP contribution in [0.2, 0.25) is 5.02 Å². The topological polar surface area (TPSA) is 135 Å². The number of nitrogens with one attached hydrogen (secondary N) is 2. The number of benzene rings is 2. The number of nitrogens with zero attached hydrogens (tertiary/aromatic N) is 4. The van der Waals surface area contributed by atoms with E-state index >= 15 is 0 Å². The van der Waals surface area contributed by atoms with Gasteiger partial charge in [-0.15, -0.1) is 0 Å². The van der Waals surface area contributed by atoms with Gasteiger partial charge in [-0.2, -0.15) is 9.37 Å². The van der Waals surface area contributed by atoms with E-state index in [1.807, 2.05) is 0 Å². The fourth-order valence-electron chi connectivity index (χ4n) is 2.86. The van der Waals surface area contributed by atoms with E-state index in [-0.39, 0.29) is 39.6 Å². The van der Waals surface area contributed by atoms with Gasteiger partial charge in [-0.05, 0) is 26.0 Å². The van der Waals surface area contributed by atoms with Crippen LogP contribution in [0.4, 0.5) is 37.7 Å². The van der Waals surface area contributed by atoms with Gasteiger partial charge >= 0.3 is 5.69 Å². The first-order chi connectivity index (χ1) is 15.0. The van der Waals surface area contributed by atoms with Gasteiger partial charge in [0.25, 0.3) is 0 Å². The lowest BCUT2D eigenvalue weighted by molar-refractivity contribution is -0.387. The molecular formula is C19H17ClF2N6O4. The van der Waals surface area contributed by atoms with Crippen LogP contribution >= 0.6 is 11.6 Å². The summed E-state index contributed by atoms with van der Waals surface area (Å²) in [7, 11) is 1.26. The highest BCUT2D eigenvalue weighted by Crippen LogP contribution is 2.36. The van der Waals surface area contributed by atoms with Crippen molar-refractivity contribution < 1.29 is 23.5 Å². The van der Waals surface area contributed by atoms with Crippen LogP contribution < -0.4 is 15.4 Å².